The van der Waals surface area contributed by atoms with E-state index in [1.54, 1.807) is 43.3 Å². The van der Waals surface area contributed by atoms with Crippen molar-refractivity contribution in [2.75, 3.05) is 13.1 Å². The Morgan fingerprint density at radius 1 is 1.04 bits per heavy atom. The van der Waals surface area contributed by atoms with E-state index >= 15 is 0 Å². The van der Waals surface area contributed by atoms with Crippen LogP contribution in [-0.2, 0) is 0 Å². The van der Waals surface area contributed by atoms with Crippen LogP contribution in [0.1, 0.15) is 26.3 Å². The Bertz CT molecular complexity index is 958. The molecule has 0 atom stereocenters. The van der Waals surface area contributed by atoms with Gasteiger partial charge in [0.2, 0.25) is 0 Å². The van der Waals surface area contributed by atoms with E-state index in [-0.39, 0.29) is 24.6 Å². The van der Waals surface area contributed by atoms with Gasteiger partial charge in [-0.25, -0.2) is 9.07 Å². The van der Waals surface area contributed by atoms with Crippen molar-refractivity contribution in [3.8, 4) is 5.69 Å². The maximum atomic E-state index is 13.5. The SMILES string of the molecule is Cc1ccc(C(=O)NCCNC(=O)c2cccc(-n3cnnn3)c2)cc1F. The summed E-state index contributed by atoms with van der Waals surface area (Å²) in [6.07, 6.45) is 1.43. The number of nitrogens with zero attached hydrogens (tertiary/aromatic N) is 4. The van der Waals surface area contributed by atoms with Crippen LogP contribution in [0, 0.1) is 12.7 Å². The largest absolute Gasteiger partial charge is 0.350 e. The third kappa shape index (κ3) is 4.51. The zero-order valence-electron chi connectivity index (χ0n) is 14.5. The van der Waals surface area contributed by atoms with Crippen LogP contribution in [0.4, 0.5) is 4.39 Å². The molecule has 0 saturated heterocycles. The lowest BCUT2D eigenvalue weighted by Crippen LogP contribution is -2.34. The number of rotatable bonds is 6. The van der Waals surface area contributed by atoms with E-state index in [9.17, 15) is 14.0 Å². The van der Waals surface area contributed by atoms with Crippen LogP contribution in [-0.4, -0.2) is 45.1 Å². The average Bonchev–Trinajstić information content (AvgIpc) is 3.22. The molecule has 3 rings (SSSR count). The lowest BCUT2D eigenvalue weighted by Gasteiger charge is -2.08. The van der Waals surface area contributed by atoms with Gasteiger partial charge < -0.3 is 10.6 Å². The molecule has 0 aliphatic carbocycles. The summed E-state index contributed by atoms with van der Waals surface area (Å²) in [5.74, 6) is -1.12. The molecule has 0 bridgehead atoms. The smallest absolute Gasteiger partial charge is 0.251 e. The minimum atomic E-state index is -0.432. The molecule has 2 N–H and O–H groups in total. The molecule has 0 aliphatic rings. The van der Waals surface area contributed by atoms with Crippen LogP contribution >= 0.6 is 0 Å². The number of benzene rings is 2. The molecule has 0 unspecified atom stereocenters. The fourth-order valence-electron chi connectivity index (χ4n) is 2.36. The summed E-state index contributed by atoms with van der Waals surface area (Å²) in [5.41, 5.74) is 1.80. The van der Waals surface area contributed by atoms with Gasteiger partial charge in [0.25, 0.3) is 11.8 Å². The average molecular weight is 368 g/mol. The second-order valence-corrected chi connectivity index (χ2v) is 5.78. The Morgan fingerprint density at radius 2 is 1.74 bits per heavy atom. The maximum absolute atomic E-state index is 13.5. The lowest BCUT2D eigenvalue weighted by atomic mass is 10.1. The van der Waals surface area contributed by atoms with E-state index in [1.807, 2.05) is 0 Å². The van der Waals surface area contributed by atoms with Gasteiger partial charge in [-0.2, -0.15) is 0 Å². The first-order chi connectivity index (χ1) is 13.0. The standard InChI is InChI=1S/C18H17FN6O2/c1-12-5-6-14(10-16(12)19)18(27)21-8-7-20-17(26)13-3-2-4-15(9-13)25-11-22-23-24-25/h2-6,9-11H,7-8H2,1H3,(H,20,26)(H,21,27). The lowest BCUT2D eigenvalue weighted by molar-refractivity contribution is 0.0927. The van der Waals surface area contributed by atoms with Gasteiger partial charge in [0.1, 0.15) is 12.1 Å². The number of hydrogen-bond acceptors (Lipinski definition) is 5. The number of halogens is 1. The molecule has 3 aromatic rings. The van der Waals surface area contributed by atoms with Crippen LogP contribution in [0.15, 0.2) is 48.8 Å². The van der Waals surface area contributed by atoms with Gasteiger partial charge in [-0.3, -0.25) is 9.59 Å². The number of amides is 2. The van der Waals surface area contributed by atoms with Crippen molar-refractivity contribution in [2.24, 2.45) is 0 Å². The summed E-state index contributed by atoms with van der Waals surface area (Å²) >= 11 is 0. The van der Waals surface area contributed by atoms with Crippen molar-refractivity contribution < 1.29 is 14.0 Å². The number of carbonyl (C=O) groups is 2. The molecule has 27 heavy (non-hydrogen) atoms. The molecule has 0 saturated carbocycles. The van der Waals surface area contributed by atoms with Gasteiger partial charge in [0.05, 0.1) is 5.69 Å². The van der Waals surface area contributed by atoms with Crippen LogP contribution in [0.3, 0.4) is 0 Å². The topological polar surface area (TPSA) is 102 Å². The molecule has 1 aromatic heterocycles. The molecule has 0 fully saturated rings. The third-order valence-corrected chi connectivity index (χ3v) is 3.85. The highest BCUT2D eigenvalue weighted by atomic mass is 19.1. The fraction of sp³-hybridized carbons (Fsp3) is 0.167. The Balaban J connectivity index is 1.50. The van der Waals surface area contributed by atoms with Crippen molar-refractivity contribution in [3.05, 3.63) is 71.3 Å². The number of nitrogens with one attached hydrogen (secondary N) is 2. The summed E-state index contributed by atoms with van der Waals surface area (Å²) < 4.78 is 14.9. The molecule has 138 valence electrons. The van der Waals surface area contributed by atoms with E-state index in [2.05, 4.69) is 26.2 Å². The second-order valence-electron chi connectivity index (χ2n) is 5.78. The molecule has 8 nitrogen and oxygen atoms in total. The molecule has 1 heterocycles. The molecule has 9 heteroatoms. The van der Waals surface area contributed by atoms with E-state index < -0.39 is 11.7 Å². The summed E-state index contributed by atoms with van der Waals surface area (Å²) in [7, 11) is 0. The second kappa shape index (κ2) is 8.17. The number of aromatic nitrogens is 4. The van der Waals surface area contributed by atoms with Crippen molar-refractivity contribution in [1.82, 2.24) is 30.8 Å². The number of hydrogen-bond donors (Lipinski definition) is 2. The number of aryl methyl sites for hydroxylation is 1. The molecular formula is C18H17FN6O2. The zero-order chi connectivity index (χ0) is 19.2. The molecule has 0 radical (unpaired) electrons. The minimum absolute atomic E-state index is 0.215. The van der Waals surface area contributed by atoms with Gasteiger partial charge in [0.15, 0.2) is 0 Å². The highest BCUT2D eigenvalue weighted by Gasteiger charge is 2.09. The predicted molar refractivity (Wildman–Crippen MR) is 95.0 cm³/mol. The summed E-state index contributed by atoms with van der Waals surface area (Å²) in [6.45, 7) is 2.07. The summed E-state index contributed by atoms with van der Waals surface area (Å²) in [4.78, 5) is 24.2. The molecule has 0 spiro atoms. The molecular weight excluding hydrogens is 351 g/mol. The Hall–Kier alpha value is -3.62. The predicted octanol–water partition coefficient (Wildman–Crippen LogP) is 1.27. The normalized spacial score (nSPS) is 10.4. The third-order valence-electron chi connectivity index (χ3n) is 3.85. The van der Waals surface area contributed by atoms with Crippen molar-refractivity contribution in [3.63, 3.8) is 0 Å². The monoisotopic (exact) mass is 368 g/mol. The maximum Gasteiger partial charge on any atom is 0.251 e. The van der Waals surface area contributed by atoms with E-state index in [0.717, 1.165) is 0 Å². The fourth-order valence-corrected chi connectivity index (χ4v) is 2.36. The van der Waals surface area contributed by atoms with Crippen LogP contribution < -0.4 is 10.6 Å². The summed E-state index contributed by atoms with van der Waals surface area (Å²) in [5, 5.41) is 16.2. The molecule has 0 aliphatic heterocycles. The summed E-state index contributed by atoms with van der Waals surface area (Å²) in [6, 6.07) is 11.1. The van der Waals surface area contributed by atoms with Gasteiger partial charge in [-0.15, -0.1) is 5.10 Å². The van der Waals surface area contributed by atoms with Crippen LogP contribution in [0.5, 0.6) is 0 Å². The van der Waals surface area contributed by atoms with E-state index in [0.29, 0.717) is 16.8 Å². The van der Waals surface area contributed by atoms with Crippen LogP contribution in [0.25, 0.3) is 5.69 Å². The zero-order valence-corrected chi connectivity index (χ0v) is 14.5. The number of carbonyl (C=O) groups excluding carboxylic acids is 2. The van der Waals surface area contributed by atoms with Gasteiger partial charge in [0, 0.05) is 24.2 Å². The molecule has 2 amide bonds. The first-order valence-electron chi connectivity index (χ1n) is 8.20. The highest BCUT2D eigenvalue weighted by Crippen LogP contribution is 2.09. The highest BCUT2D eigenvalue weighted by molar-refractivity contribution is 5.95. The Kier molecular flexibility index (Phi) is 5.50. The van der Waals surface area contributed by atoms with E-state index in [1.165, 1.54) is 17.1 Å². The van der Waals surface area contributed by atoms with Gasteiger partial charge in [-0.05, 0) is 53.2 Å². The first-order valence-corrected chi connectivity index (χ1v) is 8.20. The minimum Gasteiger partial charge on any atom is -0.350 e. The van der Waals surface area contributed by atoms with E-state index in [4.69, 9.17) is 0 Å². The Labute approximate surface area is 154 Å². The first kappa shape index (κ1) is 18.2. The van der Waals surface area contributed by atoms with Crippen molar-refractivity contribution >= 4 is 11.8 Å². The van der Waals surface area contributed by atoms with Crippen molar-refractivity contribution in [2.45, 2.75) is 6.92 Å². The Morgan fingerprint density at radius 3 is 2.37 bits per heavy atom. The molecule has 2 aromatic carbocycles. The number of tetrazole rings is 1. The quantitative estimate of drug-likeness (QED) is 0.638. The van der Waals surface area contributed by atoms with Gasteiger partial charge >= 0.3 is 0 Å². The van der Waals surface area contributed by atoms with Crippen molar-refractivity contribution in [1.29, 1.82) is 0 Å². The van der Waals surface area contributed by atoms with Gasteiger partial charge in [-0.1, -0.05) is 12.1 Å². The van der Waals surface area contributed by atoms with Crippen LogP contribution in [0.2, 0.25) is 0 Å².